The Morgan fingerprint density at radius 1 is 1.28 bits per heavy atom. The minimum absolute atomic E-state index is 0.532. The number of rotatable bonds is 4. The van der Waals surface area contributed by atoms with Crippen molar-refractivity contribution in [3.8, 4) is 0 Å². The van der Waals surface area contributed by atoms with Gasteiger partial charge < -0.3 is 11.1 Å². The van der Waals surface area contributed by atoms with Crippen LogP contribution in [0.5, 0.6) is 0 Å². The lowest BCUT2D eigenvalue weighted by Crippen LogP contribution is -2.05. The molecule has 0 spiro atoms. The van der Waals surface area contributed by atoms with Crippen molar-refractivity contribution >= 4 is 11.6 Å². The van der Waals surface area contributed by atoms with E-state index in [4.69, 9.17) is 5.73 Å². The van der Waals surface area contributed by atoms with Crippen LogP contribution in [0.4, 0.5) is 11.6 Å². The molecule has 2 rings (SSSR count). The number of nitrogens with one attached hydrogen (secondary N) is 1. The number of nitrogens with two attached hydrogens (primary N) is 1. The Kier molecular flexibility index (Phi) is 3.72. The van der Waals surface area contributed by atoms with E-state index in [0.29, 0.717) is 12.4 Å². The highest BCUT2D eigenvalue weighted by Crippen LogP contribution is 2.09. The van der Waals surface area contributed by atoms with Crippen molar-refractivity contribution in [2.45, 2.75) is 26.8 Å². The number of anilines is 2. The zero-order chi connectivity index (χ0) is 13.0. The first-order valence-electron chi connectivity index (χ1n) is 5.96. The highest BCUT2D eigenvalue weighted by Gasteiger charge is 2.00. The lowest BCUT2D eigenvalue weighted by molar-refractivity contribution is 0.940. The number of aromatic nitrogens is 3. The van der Waals surface area contributed by atoms with Crippen LogP contribution < -0.4 is 11.1 Å². The molecule has 2 heterocycles. The number of nitrogens with zero attached hydrogens (tertiary/aromatic N) is 3. The fraction of sp³-hybridized carbons (Fsp3) is 0.308. The van der Waals surface area contributed by atoms with Gasteiger partial charge in [-0.3, -0.25) is 0 Å². The normalized spacial score (nSPS) is 10.3. The van der Waals surface area contributed by atoms with Gasteiger partial charge in [0.15, 0.2) is 0 Å². The second-order valence-corrected chi connectivity index (χ2v) is 4.09. The number of nitrogen functional groups attached to an aromatic ring is 1. The predicted molar refractivity (Wildman–Crippen MR) is 72.1 cm³/mol. The predicted octanol–water partition coefficient (Wildman–Crippen LogP) is 1.94. The van der Waals surface area contributed by atoms with Gasteiger partial charge in [-0.1, -0.05) is 13.0 Å². The second-order valence-electron chi connectivity index (χ2n) is 4.09. The molecular formula is C13H17N5. The van der Waals surface area contributed by atoms with Crippen molar-refractivity contribution in [3.63, 3.8) is 0 Å². The fourth-order valence-corrected chi connectivity index (χ4v) is 1.63. The van der Waals surface area contributed by atoms with E-state index in [1.54, 1.807) is 12.3 Å². The standard InChI is InChI=1S/C13H17N5/c1-3-11-6-13(18-9(2)17-11)16-8-10-4-5-12(14)15-7-10/h4-7H,3,8H2,1-2H3,(H2,14,15)(H,16,17,18). The molecule has 5 nitrogen and oxygen atoms in total. The molecule has 0 atom stereocenters. The van der Waals surface area contributed by atoms with E-state index >= 15 is 0 Å². The third-order valence-corrected chi connectivity index (χ3v) is 2.57. The van der Waals surface area contributed by atoms with Gasteiger partial charge in [-0.15, -0.1) is 0 Å². The van der Waals surface area contributed by atoms with Crippen molar-refractivity contribution in [2.75, 3.05) is 11.1 Å². The largest absolute Gasteiger partial charge is 0.384 e. The summed E-state index contributed by atoms with van der Waals surface area (Å²) >= 11 is 0. The monoisotopic (exact) mass is 243 g/mol. The molecule has 5 heteroatoms. The maximum absolute atomic E-state index is 5.54. The topological polar surface area (TPSA) is 76.7 Å². The van der Waals surface area contributed by atoms with Gasteiger partial charge in [-0.25, -0.2) is 15.0 Å². The molecule has 18 heavy (non-hydrogen) atoms. The van der Waals surface area contributed by atoms with Crippen LogP contribution in [0, 0.1) is 6.92 Å². The van der Waals surface area contributed by atoms with Gasteiger partial charge in [0.05, 0.1) is 0 Å². The first kappa shape index (κ1) is 12.3. The molecule has 0 unspecified atom stereocenters. The van der Waals surface area contributed by atoms with Crippen LogP contribution in [-0.4, -0.2) is 15.0 Å². The fourth-order valence-electron chi connectivity index (χ4n) is 1.63. The molecule has 0 radical (unpaired) electrons. The summed E-state index contributed by atoms with van der Waals surface area (Å²) in [6.07, 6.45) is 2.67. The van der Waals surface area contributed by atoms with Crippen molar-refractivity contribution in [1.82, 2.24) is 15.0 Å². The van der Waals surface area contributed by atoms with E-state index in [9.17, 15) is 0 Å². The van der Waals surface area contributed by atoms with Crippen molar-refractivity contribution in [3.05, 3.63) is 41.5 Å². The second kappa shape index (κ2) is 5.44. The Balaban J connectivity index is 2.05. The quantitative estimate of drug-likeness (QED) is 0.858. The molecule has 0 aliphatic carbocycles. The van der Waals surface area contributed by atoms with E-state index < -0.39 is 0 Å². The highest BCUT2D eigenvalue weighted by molar-refractivity contribution is 5.38. The molecule has 0 aliphatic heterocycles. The summed E-state index contributed by atoms with van der Waals surface area (Å²) in [5.74, 6) is 2.16. The van der Waals surface area contributed by atoms with E-state index in [2.05, 4.69) is 27.2 Å². The van der Waals surface area contributed by atoms with Gasteiger partial charge in [0.2, 0.25) is 0 Å². The van der Waals surface area contributed by atoms with Crippen LogP contribution in [0.25, 0.3) is 0 Å². The molecule has 2 aromatic rings. The number of pyridine rings is 1. The van der Waals surface area contributed by atoms with E-state index in [1.165, 1.54) is 0 Å². The van der Waals surface area contributed by atoms with Crippen molar-refractivity contribution < 1.29 is 0 Å². The zero-order valence-corrected chi connectivity index (χ0v) is 10.6. The average Bonchev–Trinajstić information content (AvgIpc) is 2.37. The van der Waals surface area contributed by atoms with Gasteiger partial charge in [-0.05, 0) is 25.0 Å². The van der Waals surface area contributed by atoms with Crippen molar-refractivity contribution in [2.24, 2.45) is 0 Å². The van der Waals surface area contributed by atoms with Crippen LogP contribution in [0.2, 0.25) is 0 Å². The van der Waals surface area contributed by atoms with Gasteiger partial charge >= 0.3 is 0 Å². The summed E-state index contributed by atoms with van der Waals surface area (Å²) in [7, 11) is 0. The van der Waals surface area contributed by atoms with E-state index in [1.807, 2.05) is 19.1 Å². The summed E-state index contributed by atoms with van der Waals surface area (Å²) in [6.45, 7) is 4.65. The van der Waals surface area contributed by atoms with Crippen molar-refractivity contribution in [1.29, 1.82) is 0 Å². The zero-order valence-electron chi connectivity index (χ0n) is 10.6. The van der Waals surface area contributed by atoms with E-state index in [0.717, 1.165) is 29.3 Å². The van der Waals surface area contributed by atoms with Gasteiger partial charge in [0.1, 0.15) is 17.5 Å². The van der Waals surface area contributed by atoms with Crippen LogP contribution >= 0.6 is 0 Å². The smallest absolute Gasteiger partial charge is 0.130 e. The van der Waals surface area contributed by atoms with E-state index in [-0.39, 0.29) is 0 Å². The Morgan fingerprint density at radius 2 is 2.11 bits per heavy atom. The highest BCUT2D eigenvalue weighted by atomic mass is 15.0. The number of hydrogen-bond donors (Lipinski definition) is 2. The molecule has 0 amide bonds. The maximum Gasteiger partial charge on any atom is 0.130 e. The molecule has 0 aromatic carbocycles. The summed E-state index contributed by atoms with van der Waals surface area (Å²) in [6, 6.07) is 5.71. The molecule has 0 saturated carbocycles. The third kappa shape index (κ3) is 3.16. The molecule has 2 aromatic heterocycles. The molecule has 0 bridgehead atoms. The first-order chi connectivity index (χ1) is 8.67. The minimum Gasteiger partial charge on any atom is -0.384 e. The van der Waals surface area contributed by atoms with Crippen LogP contribution in [0.1, 0.15) is 24.0 Å². The lowest BCUT2D eigenvalue weighted by Gasteiger charge is -2.07. The van der Waals surface area contributed by atoms with Gasteiger partial charge in [0.25, 0.3) is 0 Å². The lowest BCUT2D eigenvalue weighted by atomic mass is 10.2. The molecule has 0 fully saturated rings. The van der Waals surface area contributed by atoms with Gasteiger partial charge in [-0.2, -0.15) is 0 Å². The average molecular weight is 243 g/mol. The Labute approximate surface area is 106 Å². The Morgan fingerprint density at radius 3 is 2.78 bits per heavy atom. The van der Waals surface area contributed by atoms with Crippen LogP contribution in [0.3, 0.4) is 0 Å². The SMILES string of the molecule is CCc1cc(NCc2ccc(N)nc2)nc(C)n1. The summed E-state index contributed by atoms with van der Waals surface area (Å²) in [5.41, 5.74) is 7.65. The summed E-state index contributed by atoms with van der Waals surface area (Å²) < 4.78 is 0. The summed E-state index contributed by atoms with van der Waals surface area (Å²) in [5, 5.41) is 3.26. The molecular weight excluding hydrogens is 226 g/mol. The summed E-state index contributed by atoms with van der Waals surface area (Å²) in [4.78, 5) is 12.7. The maximum atomic E-state index is 5.54. The van der Waals surface area contributed by atoms with Gasteiger partial charge in [0, 0.05) is 24.5 Å². The number of hydrogen-bond acceptors (Lipinski definition) is 5. The molecule has 0 saturated heterocycles. The molecule has 94 valence electrons. The minimum atomic E-state index is 0.532. The third-order valence-electron chi connectivity index (χ3n) is 2.57. The Bertz CT molecular complexity index is 521. The van der Waals surface area contributed by atoms with Crippen LogP contribution in [-0.2, 0) is 13.0 Å². The number of aryl methyl sites for hydroxylation is 2. The molecule has 3 N–H and O–H groups in total. The Hall–Kier alpha value is -2.17. The first-order valence-corrected chi connectivity index (χ1v) is 5.96. The molecule has 0 aliphatic rings. The van der Waals surface area contributed by atoms with Crippen LogP contribution in [0.15, 0.2) is 24.4 Å².